The van der Waals surface area contributed by atoms with Crippen LogP contribution < -0.4 is 10.5 Å². The highest BCUT2D eigenvalue weighted by Crippen LogP contribution is 2.25. The quantitative estimate of drug-likeness (QED) is 0.541. The zero-order valence-electron chi connectivity index (χ0n) is 14.6. The summed E-state index contributed by atoms with van der Waals surface area (Å²) in [6.45, 7) is 4.33. The fourth-order valence-electron chi connectivity index (χ4n) is 2.23. The highest BCUT2D eigenvalue weighted by molar-refractivity contribution is 8.00. The van der Waals surface area contributed by atoms with Crippen molar-refractivity contribution >= 4 is 23.5 Å². The summed E-state index contributed by atoms with van der Waals surface area (Å²) in [6.07, 6.45) is 0.651. The number of aromatic nitrogens is 3. The summed E-state index contributed by atoms with van der Waals surface area (Å²) >= 11 is 1.34. The van der Waals surface area contributed by atoms with Crippen molar-refractivity contribution in [3.63, 3.8) is 0 Å². The number of primary amides is 1. The fourth-order valence-corrected chi connectivity index (χ4v) is 3.14. The van der Waals surface area contributed by atoms with Crippen LogP contribution in [0.3, 0.4) is 0 Å². The van der Waals surface area contributed by atoms with Crippen LogP contribution in [0.15, 0.2) is 29.4 Å². The average molecular weight is 362 g/mol. The molecule has 1 aromatic carbocycles. The van der Waals surface area contributed by atoms with Crippen molar-refractivity contribution < 1.29 is 14.3 Å². The van der Waals surface area contributed by atoms with Crippen LogP contribution >= 0.6 is 11.8 Å². The van der Waals surface area contributed by atoms with Crippen LogP contribution in [0.5, 0.6) is 5.75 Å². The molecule has 0 radical (unpaired) electrons. The van der Waals surface area contributed by atoms with Crippen molar-refractivity contribution in [1.82, 2.24) is 14.8 Å². The van der Waals surface area contributed by atoms with E-state index in [1.165, 1.54) is 11.8 Å². The number of carbonyl (C=O) groups excluding carboxylic acids is 2. The van der Waals surface area contributed by atoms with Gasteiger partial charge < -0.3 is 15.0 Å². The van der Waals surface area contributed by atoms with Crippen molar-refractivity contribution in [3.05, 3.63) is 35.7 Å². The third-order valence-corrected chi connectivity index (χ3v) is 4.76. The standard InChI is InChI=1S/C17H22N4O3S/c1-4-24-13-7-5-12(6-8-13)16(23)11(2)25-17-20-19-15(21(17)3)10-9-14(18)22/h5-8,11H,4,9-10H2,1-3H3,(H2,18,22)/t11-/m1/s1. The summed E-state index contributed by atoms with van der Waals surface area (Å²) < 4.78 is 7.17. The molecule has 0 unspecified atom stereocenters. The van der Waals surface area contributed by atoms with Gasteiger partial charge in [0, 0.05) is 25.5 Å². The third-order valence-electron chi connectivity index (χ3n) is 3.62. The molecule has 1 aromatic heterocycles. The Kier molecular flexibility index (Phi) is 6.58. The Morgan fingerprint density at radius 1 is 1.28 bits per heavy atom. The molecule has 0 aliphatic rings. The number of benzene rings is 1. The largest absolute Gasteiger partial charge is 0.494 e. The molecule has 25 heavy (non-hydrogen) atoms. The molecule has 0 fully saturated rings. The molecule has 8 heteroatoms. The number of hydrogen-bond donors (Lipinski definition) is 1. The molecule has 134 valence electrons. The smallest absolute Gasteiger partial charge is 0.217 e. The van der Waals surface area contributed by atoms with Crippen molar-refractivity contribution in [2.45, 2.75) is 37.1 Å². The number of ether oxygens (including phenoxy) is 1. The second kappa shape index (κ2) is 8.66. The first-order chi connectivity index (χ1) is 11.9. The number of thioether (sulfide) groups is 1. The molecule has 0 aliphatic carbocycles. The minimum absolute atomic E-state index is 0.00901. The molecule has 0 bridgehead atoms. The topological polar surface area (TPSA) is 100 Å². The fraction of sp³-hybridized carbons (Fsp3) is 0.412. The molecule has 1 amide bonds. The maximum absolute atomic E-state index is 12.6. The third kappa shape index (κ3) is 5.06. The van der Waals surface area contributed by atoms with Gasteiger partial charge in [0.1, 0.15) is 11.6 Å². The van der Waals surface area contributed by atoms with Gasteiger partial charge in [-0.3, -0.25) is 9.59 Å². The van der Waals surface area contributed by atoms with E-state index >= 15 is 0 Å². The minimum Gasteiger partial charge on any atom is -0.494 e. The SMILES string of the molecule is CCOc1ccc(C(=O)[C@@H](C)Sc2nnc(CCC(N)=O)n2C)cc1. The Bertz CT molecular complexity index is 743. The van der Waals surface area contributed by atoms with Gasteiger partial charge in [-0.1, -0.05) is 11.8 Å². The van der Waals surface area contributed by atoms with E-state index in [4.69, 9.17) is 10.5 Å². The zero-order chi connectivity index (χ0) is 18.4. The lowest BCUT2D eigenvalue weighted by Gasteiger charge is -2.10. The van der Waals surface area contributed by atoms with Gasteiger partial charge in [0.15, 0.2) is 10.9 Å². The van der Waals surface area contributed by atoms with Gasteiger partial charge in [-0.15, -0.1) is 10.2 Å². The Labute approximate surface area is 150 Å². The van der Waals surface area contributed by atoms with Crippen molar-refractivity contribution in [2.24, 2.45) is 12.8 Å². The first-order valence-corrected chi connectivity index (χ1v) is 8.90. The van der Waals surface area contributed by atoms with Crippen LogP contribution in [0.1, 0.15) is 36.5 Å². The van der Waals surface area contributed by atoms with Crippen LogP contribution in [0.25, 0.3) is 0 Å². The number of ketones is 1. The predicted octanol–water partition coefficient (Wildman–Crippen LogP) is 2.00. The molecule has 2 aromatic rings. The van der Waals surface area contributed by atoms with Gasteiger partial charge in [0.2, 0.25) is 5.91 Å². The summed E-state index contributed by atoms with van der Waals surface area (Å²) in [5, 5.41) is 8.48. The number of rotatable bonds is 9. The van der Waals surface area contributed by atoms with Crippen molar-refractivity contribution in [3.8, 4) is 5.75 Å². The molecule has 1 atom stereocenters. The van der Waals surface area contributed by atoms with Gasteiger partial charge in [0.25, 0.3) is 0 Å². The molecule has 0 saturated carbocycles. The van der Waals surface area contributed by atoms with E-state index in [-0.39, 0.29) is 23.4 Å². The van der Waals surface area contributed by atoms with E-state index in [1.807, 2.05) is 20.9 Å². The number of carbonyl (C=O) groups is 2. The van der Waals surface area contributed by atoms with Crippen LogP contribution in [-0.4, -0.2) is 38.3 Å². The van der Waals surface area contributed by atoms with Crippen molar-refractivity contribution in [2.75, 3.05) is 6.61 Å². The Morgan fingerprint density at radius 3 is 2.56 bits per heavy atom. The summed E-state index contributed by atoms with van der Waals surface area (Å²) in [6, 6.07) is 7.11. The maximum Gasteiger partial charge on any atom is 0.217 e. The molecular weight excluding hydrogens is 340 g/mol. The second-order valence-electron chi connectivity index (χ2n) is 5.51. The normalized spacial score (nSPS) is 12.0. The second-order valence-corrected chi connectivity index (χ2v) is 6.81. The van der Waals surface area contributed by atoms with Gasteiger partial charge in [-0.2, -0.15) is 0 Å². The molecule has 0 spiro atoms. The summed E-state index contributed by atoms with van der Waals surface area (Å²) in [5.41, 5.74) is 5.78. The van der Waals surface area contributed by atoms with Gasteiger partial charge in [0.05, 0.1) is 11.9 Å². The monoisotopic (exact) mass is 362 g/mol. The number of Topliss-reactive ketones (excluding diaryl/α,β-unsaturated/α-hetero) is 1. The number of hydrogen-bond acceptors (Lipinski definition) is 6. The Hall–Kier alpha value is -2.35. The van der Waals surface area contributed by atoms with E-state index in [2.05, 4.69) is 10.2 Å². The molecular formula is C17H22N4O3S. The van der Waals surface area contributed by atoms with E-state index in [1.54, 1.807) is 28.8 Å². The van der Waals surface area contributed by atoms with Crippen LogP contribution in [-0.2, 0) is 18.3 Å². The summed E-state index contributed by atoms with van der Waals surface area (Å²) in [4.78, 5) is 23.5. The zero-order valence-corrected chi connectivity index (χ0v) is 15.4. The lowest BCUT2D eigenvalue weighted by molar-refractivity contribution is -0.118. The van der Waals surface area contributed by atoms with E-state index in [0.29, 0.717) is 29.6 Å². The number of amides is 1. The maximum atomic E-state index is 12.6. The number of nitrogens with two attached hydrogens (primary N) is 1. The first kappa shape index (κ1) is 19.0. The lowest BCUT2D eigenvalue weighted by Crippen LogP contribution is -2.15. The highest BCUT2D eigenvalue weighted by Gasteiger charge is 2.20. The van der Waals surface area contributed by atoms with Gasteiger partial charge >= 0.3 is 0 Å². The van der Waals surface area contributed by atoms with Crippen LogP contribution in [0.4, 0.5) is 0 Å². The average Bonchev–Trinajstić information content (AvgIpc) is 2.93. The van der Waals surface area contributed by atoms with E-state index < -0.39 is 0 Å². The molecule has 0 aliphatic heterocycles. The lowest BCUT2D eigenvalue weighted by atomic mass is 10.1. The van der Waals surface area contributed by atoms with E-state index in [9.17, 15) is 9.59 Å². The Balaban J connectivity index is 2.02. The highest BCUT2D eigenvalue weighted by atomic mass is 32.2. The molecule has 1 heterocycles. The number of nitrogens with zero attached hydrogens (tertiary/aromatic N) is 3. The van der Waals surface area contributed by atoms with E-state index in [0.717, 1.165) is 5.75 Å². The van der Waals surface area contributed by atoms with Crippen molar-refractivity contribution in [1.29, 1.82) is 0 Å². The number of aryl methyl sites for hydroxylation is 1. The summed E-state index contributed by atoms with van der Waals surface area (Å²) in [7, 11) is 1.81. The van der Waals surface area contributed by atoms with Crippen LogP contribution in [0, 0.1) is 0 Å². The molecule has 0 saturated heterocycles. The minimum atomic E-state index is -0.378. The summed E-state index contributed by atoms with van der Waals surface area (Å²) in [5.74, 6) is 1.04. The predicted molar refractivity (Wildman–Crippen MR) is 95.8 cm³/mol. The molecule has 2 rings (SSSR count). The van der Waals surface area contributed by atoms with Gasteiger partial charge in [-0.05, 0) is 38.1 Å². The van der Waals surface area contributed by atoms with Crippen LogP contribution in [0.2, 0.25) is 0 Å². The van der Waals surface area contributed by atoms with Gasteiger partial charge in [-0.25, -0.2) is 0 Å². The first-order valence-electron chi connectivity index (χ1n) is 8.02. The molecule has 7 nitrogen and oxygen atoms in total. The molecule has 2 N–H and O–H groups in total. The Morgan fingerprint density at radius 2 is 1.96 bits per heavy atom.